The summed E-state index contributed by atoms with van der Waals surface area (Å²) in [6.45, 7) is 4.87. The van der Waals surface area contributed by atoms with Crippen LogP contribution in [0.25, 0.3) is 0 Å². The van der Waals surface area contributed by atoms with E-state index in [-0.39, 0.29) is 6.42 Å². The van der Waals surface area contributed by atoms with Gasteiger partial charge < -0.3 is 0 Å². The zero-order valence-electron chi connectivity index (χ0n) is 25.0. The van der Waals surface area contributed by atoms with Gasteiger partial charge in [-0.2, -0.15) is 33.7 Å². The molecule has 6 atom stereocenters. The zero-order chi connectivity index (χ0) is 29.7. The minimum atomic E-state index is -5.42. The average molecular weight is 713 g/mol. The highest BCUT2D eigenvalue weighted by atomic mass is 127. The number of aryl methyl sites for hydroxylation is 1. The summed E-state index contributed by atoms with van der Waals surface area (Å²) < 4.78 is 63.8. The summed E-state index contributed by atoms with van der Waals surface area (Å²) in [5.74, 6) is 0.884. The Labute approximate surface area is 263 Å². The molecule has 0 aromatic heterocycles. The number of benzene rings is 1. The molecule has 7 heteroatoms. The highest BCUT2D eigenvalue weighted by Gasteiger charge is 2.57. The molecule has 3 aliphatic carbocycles. The molecule has 0 N–H and O–H groups in total. The van der Waals surface area contributed by atoms with Crippen molar-refractivity contribution in [3.05, 3.63) is 34.9 Å². The van der Waals surface area contributed by atoms with Crippen molar-refractivity contribution in [1.82, 2.24) is 0 Å². The lowest BCUT2D eigenvalue weighted by atomic mass is 9.51. The van der Waals surface area contributed by atoms with Crippen LogP contribution in [0, 0.1) is 36.0 Å². The maximum Gasteiger partial charge on any atom is 0.453 e. The second kappa shape index (κ2) is 14.8. The number of thioether (sulfide) groups is 1. The third-order valence-electron chi connectivity index (χ3n) is 11.0. The van der Waals surface area contributed by atoms with Gasteiger partial charge in [-0.15, -0.1) is 0 Å². The van der Waals surface area contributed by atoms with Crippen molar-refractivity contribution >= 4 is 34.4 Å². The number of halogens is 6. The lowest BCUT2D eigenvalue weighted by Gasteiger charge is -2.54. The van der Waals surface area contributed by atoms with Crippen molar-refractivity contribution in [2.75, 3.05) is 15.9 Å². The predicted molar refractivity (Wildman–Crippen MR) is 172 cm³/mol. The van der Waals surface area contributed by atoms with E-state index in [1.165, 1.54) is 92.4 Å². The molecule has 1 aromatic carbocycles. The molecule has 0 heterocycles. The summed E-state index contributed by atoms with van der Waals surface area (Å²) >= 11 is 4.14. The van der Waals surface area contributed by atoms with Gasteiger partial charge in [-0.3, -0.25) is 0 Å². The minimum Gasteiger partial charge on any atom is -0.196 e. The third-order valence-corrected chi connectivity index (χ3v) is 13.2. The van der Waals surface area contributed by atoms with Crippen LogP contribution in [0.5, 0.6) is 0 Å². The van der Waals surface area contributed by atoms with Gasteiger partial charge in [-0.05, 0) is 116 Å². The molecule has 0 aliphatic heterocycles. The number of alkyl halides is 6. The Hall–Kier alpha value is -0.0500. The smallest absolute Gasteiger partial charge is 0.196 e. The largest absolute Gasteiger partial charge is 0.453 e. The lowest BCUT2D eigenvalue weighted by molar-refractivity contribution is -0.284. The van der Waals surface area contributed by atoms with Gasteiger partial charge in [0.25, 0.3) is 0 Å². The molecule has 2 saturated carbocycles. The van der Waals surface area contributed by atoms with E-state index in [9.17, 15) is 22.0 Å². The first-order valence-electron chi connectivity index (χ1n) is 16.2. The summed E-state index contributed by atoms with van der Waals surface area (Å²) in [7, 11) is 0. The van der Waals surface area contributed by atoms with Crippen molar-refractivity contribution in [3.63, 3.8) is 0 Å². The molecule has 0 bridgehead atoms. The number of rotatable bonds is 15. The molecule has 41 heavy (non-hydrogen) atoms. The van der Waals surface area contributed by atoms with E-state index in [4.69, 9.17) is 0 Å². The van der Waals surface area contributed by atoms with Crippen LogP contribution in [-0.4, -0.2) is 28.0 Å². The molecule has 0 nitrogen and oxygen atoms in total. The summed E-state index contributed by atoms with van der Waals surface area (Å²) in [6.07, 6.45) is 10.1. The first kappa shape index (κ1) is 33.8. The van der Waals surface area contributed by atoms with Crippen molar-refractivity contribution < 1.29 is 22.0 Å². The molecule has 4 rings (SSSR count). The van der Waals surface area contributed by atoms with E-state index in [0.29, 0.717) is 11.2 Å². The van der Waals surface area contributed by atoms with Gasteiger partial charge in [-0.1, -0.05) is 91.8 Å². The van der Waals surface area contributed by atoms with E-state index >= 15 is 0 Å². The Kier molecular flexibility index (Phi) is 12.2. The van der Waals surface area contributed by atoms with E-state index in [1.54, 1.807) is 11.1 Å². The highest BCUT2D eigenvalue weighted by Crippen LogP contribution is 2.64. The van der Waals surface area contributed by atoms with Gasteiger partial charge in [0.15, 0.2) is 0 Å². The minimum absolute atomic E-state index is 0.0934. The molecular weight excluding hydrogens is 662 g/mol. The summed E-state index contributed by atoms with van der Waals surface area (Å²) in [6, 6.07) is 7.28. The predicted octanol–water partition coefficient (Wildman–Crippen LogP) is 12.0. The topological polar surface area (TPSA) is 0 Å². The fourth-order valence-corrected chi connectivity index (χ4v) is 11.1. The van der Waals surface area contributed by atoms with Crippen LogP contribution in [0.4, 0.5) is 22.0 Å². The SMILES string of the molecule is Cc1ccc2c(c1)C[C@@H](CCCCCCCCCSCCCC(F)(F)C(F)(F)F)C1C2CC[C@@]2(C)C1CC[C@@H]2CI. The van der Waals surface area contributed by atoms with E-state index in [0.717, 1.165) is 48.2 Å². The van der Waals surface area contributed by atoms with Crippen LogP contribution < -0.4 is 0 Å². The van der Waals surface area contributed by atoms with Crippen LogP contribution in [0.2, 0.25) is 0 Å². The molecule has 0 amide bonds. The fourth-order valence-electron chi connectivity index (χ4n) is 8.70. The van der Waals surface area contributed by atoms with Gasteiger partial charge in [0.05, 0.1) is 0 Å². The first-order chi connectivity index (χ1) is 19.5. The molecule has 0 radical (unpaired) electrons. The molecule has 1 aromatic rings. The number of hydrogen-bond acceptors (Lipinski definition) is 1. The molecule has 3 aliphatic rings. The average Bonchev–Trinajstić information content (AvgIpc) is 3.26. The normalized spacial score (nSPS) is 29.7. The Morgan fingerprint density at radius 2 is 1.59 bits per heavy atom. The Bertz CT molecular complexity index is 965. The maximum atomic E-state index is 12.9. The van der Waals surface area contributed by atoms with Gasteiger partial charge in [0.2, 0.25) is 0 Å². The number of fused-ring (bicyclic) bond motifs is 5. The highest BCUT2D eigenvalue weighted by molar-refractivity contribution is 14.1. The van der Waals surface area contributed by atoms with Crippen LogP contribution in [-0.2, 0) is 6.42 Å². The van der Waals surface area contributed by atoms with Crippen LogP contribution in [0.15, 0.2) is 18.2 Å². The molecular formula is C34H50F5IS. The Morgan fingerprint density at radius 3 is 2.29 bits per heavy atom. The second-order valence-corrected chi connectivity index (χ2v) is 15.7. The second-order valence-electron chi connectivity index (χ2n) is 13.6. The van der Waals surface area contributed by atoms with Crippen molar-refractivity contribution in [3.8, 4) is 0 Å². The number of unbranched alkanes of at least 4 members (excludes halogenated alkanes) is 6. The quantitative estimate of drug-likeness (QED) is 0.0755. The van der Waals surface area contributed by atoms with Crippen LogP contribution in [0.3, 0.4) is 0 Å². The van der Waals surface area contributed by atoms with Gasteiger partial charge in [-0.25, -0.2) is 0 Å². The Morgan fingerprint density at radius 1 is 0.902 bits per heavy atom. The Balaban J connectivity index is 1.15. The third kappa shape index (κ3) is 8.16. The standard InChI is InChI=1S/C34H50F5IS/c1-24-12-14-28-26(21-24)22-25(31-29(28)16-18-32(2)27(23-40)13-15-30(31)32)11-8-6-4-3-5-7-9-19-41-20-10-17-33(35,36)34(37,38)39/h12,14,21,25,27,29-31H,3-11,13,15-20,22-23H2,1-2H3/t25-,27-,29?,30?,31?,32-/m1/s1. The monoisotopic (exact) mass is 712 g/mol. The van der Waals surface area contributed by atoms with Crippen LogP contribution in [0.1, 0.15) is 119 Å². The molecule has 0 spiro atoms. The molecule has 3 unspecified atom stereocenters. The summed E-state index contributed by atoms with van der Waals surface area (Å²) in [5.41, 5.74) is 5.24. The molecule has 234 valence electrons. The summed E-state index contributed by atoms with van der Waals surface area (Å²) in [5, 5.41) is 0. The lowest BCUT2D eigenvalue weighted by Crippen LogP contribution is -2.46. The zero-order valence-corrected chi connectivity index (χ0v) is 28.0. The van der Waals surface area contributed by atoms with Gasteiger partial charge >= 0.3 is 12.1 Å². The van der Waals surface area contributed by atoms with Crippen molar-refractivity contribution in [2.24, 2.45) is 29.1 Å². The van der Waals surface area contributed by atoms with Gasteiger partial charge in [0, 0.05) is 10.8 Å². The van der Waals surface area contributed by atoms with Crippen LogP contribution >= 0.6 is 34.4 Å². The van der Waals surface area contributed by atoms with E-state index < -0.39 is 18.5 Å². The molecule has 2 fully saturated rings. The van der Waals surface area contributed by atoms with E-state index in [2.05, 4.69) is 54.6 Å². The van der Waals surface area contributed by atoms with Gasteiger partial charge in [0.1, 0.15) is 0 Å². The first-order valence-corrected chi connectivity index (χ1v) is 18.8. The van der Waals surface area contributed by atoms with Crippen molar-refractivity contribution in [1.29, 1.82) is 0 Å². The van der Waals surface area contributed by atoms with Crippen molar-refractivity contribution in [2.45, 2.75) is 128 Å². The van der Waals surface area contributed by atoms with E-state index in [1.807, 2.05) is 0 Å². The maximum absolute atomic E-state index is 12.9. The summed E-state index contributed by atoms with van der Waals surface area (Å²) in [4.78, 5) is 0. The fraction of sp³-hybridized carbons (Fsp3) is 0.824. The number of hydrogen-bond donors (Lipinski definition) is 0. The molecule has 0 saturated heterocycles.